The van der Waals surface area contributed by atoms with Crippen molar-refractivity contribution in [2.45, 2.75) is 24.3 Å². The minimum absolute atomic E-state index is 0.205. The van der Waals surface area contributed by atoms with Crippen LogP contribution in [0, 0.1) is 10.1 Å². The third-order valence-corrected chi connectivity index (χ3v) is 6.27. The van der Waals surface area contributed by atoms with Crippen LogP contribution in [0.3, 0.4) is 0 Å². The number of rotatable bonds is 7. The predicted molar refractivity (Wildman–Crippen MR) is 88.2 cm³/mol. The molecule has 118 valence electrons. The van der Waals surface area contributed by atoms with Crippen LogP contribution in [-0.4, -0.2) is 42.7 Å². The molecule has 0 N–H and O–H groups in total. The maximum Gasteiger partial charge on any atom is 0.289 e. The number of nitro groups is 1. The number of hydrogen-bond acceptors (Lipinski definition) is 5. The van der Waals surface area contributed by atoms with Crippen LogP contribution in [0.15, 0.2) is 27.6 Å². The molecule has 1 atom stereocenters. The molecule has 1 aromatic carbocycles. The molecule has 0 aliphatic carbocycles. The van der Waals surface area contributed by atoms with Crippen LogP contribution in [0.25, 0.3) is 0 Å². The van der Waals surface area contributed by atoms with Gasteiger partial charge in [-0.15, -0.1) is 0 Å². The Morgan fingerprint density at radius 2 is 2.10 bits per heavy atom. The maximum absolute atomic E-state index is 12.7. The first-order valence-electron chi connectivity index (χ1n) is 6.16. The molecule has 1 rings (SSSR count). The number of halogens is 1. The molecule has 0 heterocycles. The molecule has 1 aromatic rings. The van der Waals surface area contributed by atoms with E-state index in [4.69, 9.17) is 0 Å². The number of thioether (sulfide) groups is 1. The number of hydrogen-bond donors (Lipinski definition) is 0. The van der Waals surface area contributed by atoms with Gasteiger partial charge in [0, 0.05) is 29.4 Å². The lowest BCUT2D eigenvalue weighted by Gasteiger charge is -2.25. The second kappa shape index (κ2) is 7.57. The van der Waals surface area contributed by atoms with E-state index in [0.717, 1.165) is 0 Å². The van der Waals surface area contributed by atoms with Crippen LogP contribution in [0.1, 0.15) is 13.3 Å². The summed E-state index contributed by atoms with van der Waals surface area (Å²) >= 11 is 4.70. The van der Waals surface area contributed by atoms with E-state index in [9.17, 15) is 18.5 Å². The van der Waals surface area contributed by atoms with Crippen molar-refractivity contribution in [3.8, 4) is 0 Å². The molecule has 0 bridgehead atoms. The van der Waals surface area contributed by atoms with Crippen molar-refractivity contribution < 1.29 is 13.3 Å². The molecule has 6 nitrogen and oxygen atoms in total. The molecule has 0 aliphatic heterocycles. The van der Waals surface area contributed by atoms with Crippen molar-refractivity contribution in [2.75, 3.05) is 19.1 Å². The summed E-state index contributed by atoms with van der Waals surface area (Å²) in [6.07, 6.45) is 2.53. The van der Waals surface area contributed by atoms with Gasteiger partial charge in [0.2, 0.25) is 10.0 Å². The average Bonchev–Trinajstić information content (AvgIpc) is 2.43. The van der Waals surface area contributed by atoms with Crippen LogP contribution in [0.4, 0.5) is 5.69 Å². The average molecular weight is 397 g/mol. The lowest BCUT2D eigenvalue weighted by molar-refractivity contribution is -0.387. The highest BCUT2D eigenvalue weighted by Gasteiger charge is 2.33. The first kappa shape index (κ1) is 18.4. The minimum Gasteiger partial charge on any atom is -0.258 e. The maximum atomic E-state index is 12.7. The Labute approximate surface area is 137 Å². The number of benzene rings is 1. The van der Waals surface area contributed by atoms with Crippen LogP contribution < -0.4 is 0 Å². The Morgan fingerprint density at radius 3 is 2.57 bits per heavy atom. The fourth-order valence-electron chi connectivity index (χ4n) is 1.87. The van der Waals surface area contributed by atoms with Gasteiger partial charge in [-0.25, -0.2) is 8.42 Å². The molecular weight excluding hydrogens is 380 g/mol. The zero-order valence-corrected chi connectivity index (χ0v) is 15.2. The van der Waals surface area contributed by atoms with E-state index in [0.29, 0.717) is 16.6 Å². The first-order valence-corrected chi connectivity index (χ1v) is 9.79. The van der Waals surface area contributed by atoms with Crippen molar-refractivity contribution in [3.63, 3.8) is 0 Å². The second-order valence-electron chi connectivity index (χ2n) is 4.41. The molecule has 0 saturated heterocycles. The SMILES string of the molecule is CCC(CSC)N(C)S(=O)(=O)c1cc(Br)ccc1[N+](=O)[O-]. The summed E-state index contributed by atoms with van der Waals surface area (Å²) in [5, 5.41) is 11.1. The molecule has 0 radical (unpaired) electrons. The summed E-state index contributed by atoms with van der Waals surface area (Å²) < 4.78 is 27.1. The highest BCUT2D eigenvalue weighted by Crippen LogP contribution is 2.30. The summed E-state index contributed by atoms with van der Waals surface area (Å²) in [6, 6.07) is 3.72. The van der Waals surface area contributed by atoms with Crippen molar-refractivity contribution in [3.05, 3.63) is 32.8 Å². The molecule has 0 fully saturated rings. The quantitative estimate of drug-likeness (QED) is 0.522. The van der Waals surface area contributed by atoms with Gasteiger partial charge in [0.05, 0.1) is 4.92 Å². The van der Waals surface area contributed by atoms with Crippen LogP contribution >= 0.6 is 27.7 Å². The molecule has 0 aromatic heterocycles. The standard InChI is InChI=1S/C12H17BrN2O4S2/c1-4-10(8-20-3)14(2)21(18,19)12-7-9(13)5-6-11(12)15(16)17/h5-7,10H,4,8H2,1-3H3. The zero-order chi connectivity index (χ0) is 16.2. The Morgan fingerprint density at radius 1 is 1.48 bits per heavy atom. The van der Waals surface area contributed by atoms with Gasteiger partial charge in [0.25, 0.3) is 5.69 Å². The molecule has 9 heteroatoms. The molecule has 0 aliphatic rings. The second-order valence-corrected chi connectivity index (χ2v) is 8.20. The van der Waals surface area contributed by atoms with E-state index in [-0.39, 0.29) is 10.9 Å². The third kappa shape index (κ3) is 4.18. The largest absolute Gasteiger partial charge is 0.289 e. The normalized spacial score (nSPS) is 13.4. The number of nitrogens with zero attached hydrogens (tertiary/aromatic N) is 2. The summed E-state index contributed by atoms with van der Waals surface area (Å²) in [5.41, 5.74) is -0.413. The van der Waals surface area contributed by atoms with Crippen LogP contribution in [0.2, 0.25) is 0 Å². The first-order chi connectivity index (χ1) is 9.75. The fraction of sp³-hybridized carbons (Fsp3) is 0.500. The van der Waals surface area contributed by atoms with E-state index in [1.807, 2.05) is 13.2 Å². The van der Waals surface area contributed by atoms with Gasteiger partial charge in [0.15, 0.2) is 4.90 Å². The van der Waals surface area contributed by atoms with Crippen LogP contribution in [-0.2, 0) is 10.0 Å². The lowest BCUT2D eigenvalue weighted by Crippen LogP contribution is -2.38. The third-order valence-electron chi connectivity index (χ3n) is 3.12. The van der Waals surface area contributed by atoms with E-state index >= 15 is 0 Å². The van der Waals surface area contributed by atoms with E-state index in [1.165, 1.54) is 41.3 Å². The highest BCUT2D eigenvalue weighted by molar-refractivity contribution is 9.10. The van der Waals surface area contributed by atoms with Crippen molar-refractivity contribution in [1.82, 2.24) is 4.31 Å². The van der Waals surface area contributed by atoms with Gasteiger partial charge in [-0.1, -0.05) is 22.9 Å². The lowest BCUT2D eigenvalue weighted by atomic mass is 10.3. The Bertz CT molecular complexity index is 622. The van der Waals surface area contributed by atoms with E-state index < -0.39 is 20.6 Å². The molecule has 0 spiro atoms. The van der Waals surface area contributed by atoms with Gasteiger partial charge >= 0.3 is 0 Å². The predicted octanol–water partition coefficient (Wildman–Crippen LogP) is 3.12. The fourth-order valence-corrected chi connectivity index (χ4v) is 4.93. The zero-order valence-electron chi connectivity index (χ0n) is 11.9. The minimum atomic E-state index is -3.92. The van der Waals surface area contributed by atoms with E-state index in [2.05, 4.69) is 15.9 Å². The summed E-state index contributed by atoms with van der Waals surface area (Å²) in [6.45, 7) is 1.89. The Hall–Kier alpha value is -0.640. The van der Waals surface area contributed by atoms with Crippen LogP contribution in [0.5, 0.6) is 0 Å². The summed E-state index contributed by atoms with van der Waals surface area (Å²) in [4.78, 5) is 10.1. The van der Waals surface area contributed by atoms with Gasteiger partial charge in [-0.05, 0) is 24.8 Å². The van der Waals surface area contributed by atoms with Gasteiger partial charge in [-0.2, -0.15) is 16.1 Å². The summed E-state index contributed by atoms with van der Waals surface area (Å²) in [5.74, 6) is 0.633. The molecule has 21 heavy (non-hydrogen) atoms. The molecule has 1 unspecified atom stereocenters. The van der Waals surface area contributed by atoms with Gasteiger partial charge in [0.1, 0.15) is 0 Å². The smallest absolute Gasteiger partial charge is 0.258 e. The molecule has 0 amide bonds. The Kier molecular flexibility index (Phi) is 6.64. The Balaban J connectivity index is 3.36. The van der Waals surface area contributed by atoms with Crippen molar-refractivity contribution in [1.29, 1.82) is 0 Å². The van der Waals surface area contributed by atoms with Crippen molar-refractivity contribution >= 4 is 43.4 Å². The summed E-state index contributed by atoms with van der Waals surface area (Å²) in [7, 11) is -2.46. The van der Waals surface area contributed by atoms with Crippen molar-refractivity contribution in [2.24, 2.45) is 0 Å². The van der Waals surface area contributed by atoms with E-state index in [1.54, 1.807) is 0 Å². The molecular formula is C12H17BrN2O4S2. The monoisotopic (exact) mass is 396 g/mol. The number of nitro benzene ring substituents is 1. The highest BCUT2D eigenvalue weighted by atomic mass is 79.9. The molecule has 0 saturated carbocycles. The topological polar surface area (TPSA) is 80.5 Å². The van der Waals surface area contributed by atoms with Gasteiger partial charge in [-0.3, -0.25) is 10.1 Å². The van der Waals surface area contributed by atoms with Gasteiger partial charge < -0.3 is 0 Å². The number of sulfonamides is 1.